The van der Waals surface area contributed by atoms with Crippen molar-refractivity contribution in [2.45, 2.75) is 52.5 Å². The van der Waals surface area contributed by atoms with Crippen molar-refractivity contribution < 1.29 is 0 Å². The molecule has 0 spiro atoms. The maximum Gasteiger partial charge on any atom is 0.0825 e. The Balaban J connectivity index is 1.91. The van der Waals surface area contributed by atoms with Gasteiger partial charge in [0.1, 0.15) is 0 Å². The van der Waals surface area contributed by atoms with E-state index in [1.54, 1.807) is 0 Å². The Morgan fingerprint density at radius 2 is 2.17 bits per heavy atom. The second-order valence-corrected chi connectivity index (χ2v) is 5.42. The average molecular weight is 250 g/mol. The summed E-state index contributed by atoms with van der Waals surface area (Å²) < 4.78 is 0. The van der Waals surface area contributed by atoms with Crippen molar-refractivity contribution in [1.82, 2.24) is 15.1 Å². The highest BCUT2D eigenvalue weighted by molar-refractivity contribution is 5.52. The van der Waals surface area contributed by atoms with Crippen molar-refractivity contribution in [2.24, 2.45) is 0 Å². The summed E-state index contributed by atoms with van der Waals surface area (Å²) in [7, 11) is 0. The minimum atomic E-state index is 0.599. The molecule has 1 atom stereocenters. The molecule has 1 aliphatic heterocycles. The van der Waals surface area contributed by atoms with Gasteiger partial charge in [-0.2, -0.15) is 5.10 Å². The van der Waals surface area contributed by atoms with Crippen molar-refractivity contribution in [3.05, 3.63) is 11.4 Å². The largest absolute Gasteiger partial charge is 0.379 e. The van der Waals surface area contributed by atoms with E-state index in [4.69, 9.17) is 0 Å². The van der Waals surface area contributed by atoms with Crippen molar-refractivity contribution >= 4 is 5.69 Å². The van der Waals surface area contributed by atoms with Crippen LogP contribution < -0.4 is 5.32 Å². The molecule has 1 aromatic heterocycles. The highest BCUT2D eigenvalue weighted by Gasteiger charge is 2.18. The summed E-state index contributed by atoms with van der Waals surface area (Å²) in [5, 5.41) is 11.0. The van der Waals surface area contributed by atoms with Crippen LogP contribution in [0.1, 0.15) is 44.0 Å². The normalized spacial score (nSPS) is 21.8. The lowest BCUT2D eigenvalue weighted by Crippen LogP contribution is -2.27. The first kappa shape index (κ1) is 13.4. The van der Waals surface area contributed by atoms with Crippen LogP contribution in [0, 0.1) is 13.8 Å². The molecule has 1 aromatic rings. The van der Waals surface area contributed by atoms with E-state index >= 15 is 0 Å². The molecule has 0 radical (unpaired) electrons. The number of H-pyrrole nitrogens is 1. The van der Waals surface area contributed by atoms with E-state index in [0.29, 0.717) is 6.04 Å². The molecule has 0 aliphatic carbocycles. The van der Waals surface area contributed by atoms with Crippen LogP contribution in [-0.4, -0.2) is 40.8 Å². The molecule has 1 unspecified atom stereocenters. The summed E-state index contributed by atoms with van der Waals surface area (Å²) >= 11 is 0. The Morgan fingerprint density at radius 3 is 2.83 bits per heavy atom. The van der Waals surface area contributed by atoms with Gasteiger partial charge in [-0.25, -0.2) is 0 Å². The summed E-state index contributed by atoms with van der Waals surface area (Å²) in [6.45, 7) is 10.1. The van der Waals surface area contributed by atoms with Crippen LogP contribution in [0.3, 0.4) is 0 Å². The first-order chi connectivity index (χ1) is 8.70. The summed E-state index contributed by atoms with van der Waals surface area (Å²) in [6, 6.07) is 0.599. The van der Waals surface area contributed by atoms with Gasteiger partial charge in [0.15, 0.2) is 0 Å². The Labute approximate surface area is 110 Å². The Bertz CT molecular complexity index is 352. The summed E-state index contributed by atoms with van der Waals surface area (Å²) in [4.78, 5) is 2.59. The van der Waals surface area contributed by atoms with Crippen molar-refractivity contribution in [3.63, 3.8) is 0 Å². The van der Waals surface area contributed by atoms with Crippen LogP contribution >= 0.6 is 0 Å². The fourth-order valence-corrected chi connectivity index (χ4v) is 2.81. The van der Waals surface area contributed by atoms with E-state index in [0.717, 1.165) is 11.4 Å². The van der Waals surface area contributed by atoms with Crippen molar-refractivity contribution in [1.29, 1.82) is 0 Å². The zero-order valence-corrected chi connectivity index (χ0v) is 11.9. The van der Waals surface area contributed by atoms with Gasteiger partial charge in [-0.1, -0.05) is 6.92 Å². The Hall–Kier alpha value is -1.03. The molecule has 1 aliphatic rings. The molecule has 1 fully saturated rings. The maximum atomic E-state index is 4.25. The molecule has 2 rings (SSSR count). The standard InChI is InChI=1S/C14H26N4/c1-4-8-18-9-5-6-13(7-10-18)15-14-11(2)16-17-12(14)3/h13,15H,4-10H2,1-3H3,(H,16,17). The van der Waals surface area contributed by atoms with Crippen LogP contribution in [0.5, 0.6) is 0 Å². The number of anilines is 1. The number of hydrogen-bond donors (Lipinski definition) is 2. The van der Waals surface area contributed by atoms with E-state index in [9.17, 15) is 0 Å². The van der Waals surface area contributed by atoms with Crippen molar-refractivity contribution in [2.75, 3.05) is 25.0 Å². The third kappa shape index (κ3) is 3.25. The highest BCUT2D eigenvalue weighted by atomic mass is 15.2. The van der Waals surface area contributed by atoms with Gasteiger partial charge in [0.05, 0.1) is 17.1 Å². The van der Waals surface area contributed by atoms with E-state index in [1.165, 1.54) is 51.0 Å². The highest BCUT2D eigenvalue weighted by Crippen LogP contribution is 2.21. The summed E-state index contributed by atoms with van der Waals surface area (Å²) in [5.74, 6) is 0. The number of likely N-dealkylation sites (tertiary alicyclic amines) is 1. The lowest BCUT2D eigenvalue weighted by molar-refractivity contribution is 0.285. The molecule has 0 amide bonds. The number of nitrogens with zero attached hydrogens (tertiary/aromatic N) is 2. The van der Waals surface area contributed by atoms with Crippen LogP contribution in [0.2, 0.25) is 0 Å². The predicted molar refractivity (Wildman–Crippen MR) is 76.1 cm³/mol. The van der Waals surface area contributed by atoms with Gasteiger partial charge in [-0.15, -0.1) is 0 Å². The minimum Gasteiger partial charge on any atom is -0.379 e. The monoisotopic (exact) mass is 250 g/mol. The summed E-state index contributed by atoms with van der Waals surface area (Å²) in [5.41, 5.74) is 3.45. The van der Waals surface area contributed by atoms with E-state index in [-0.39, 0.29) is 0 Å². The second-order valence-electron chi connectivity index (χ2n) is 5.42. The number of hydrogen-bond acceptors (Lipinski definition) is 3. The number of rotatable bonds is 4. The van der Waals surface area contributed by atoms with Gasteiger partial charge in [-0.05, 0) is 52.6 Å². The molecule has 2 heterocycles. The molecule has 4 nitrogen and oxygen atoms in total. The Morgan fingerprint density at radius 1 is 1.33 bits per heavy atom. The van der Waals surface area contributed by atoms with Crippen LogP contribution in [0.25, 0.3) is 0 Å². The average Bonchev–Trinajstić information content (AvgIpc) is 2.57. The van der Waals surface area contributed by atoms with Crippen LogP contribution in [0.15, 0.2) is 0 Å². The molecule has 1 saturated heterocycles. The molecule has 18 heavy (non-hydrogen) atoms. The van der Waals surface area contributed by atoms with Crippen LogP contribution in [0.4, 0.5) is 5.69 Å². The third-order valence-electron chi connectivity index (χ3n) is 3.84. The van der Waals surface area contributed by atoms with Crippen molar-refractivity contribution in [3.8, 4) is 0 Å². The molecule has 0 saturated carbocycles. The van der Waals surface area contributed by atoms with Crippen LogP contribution in [-0.2, 0) is 0 Å². The predicted octanol–water partition coefficient (Wildman–Crippen LogP) is 2.70. The minimum absolute atomic E-state index is 0.599. The SMILES string of the molecule is CCCN1CCCC(Nc2c(C)n[nH]c2C)CC1. The quantitative estimate of drug-likeness (QED) is 0.863. The smallest absolute Gasteiger partial charge is 0.0825 e. The first-order valence-electron chi connectivity index (χ1n) is 7.21. The molecular formula is C14H26N4. The van der Waals surface area contributed by atoms with Gasteiger partial charge < -0.3 is 10.2 Å². The molecule has 102 valence electrons. The second kappa shape index (κ2) is 6.23. The van der Waals surface area contributed by atoms with Gasteiger partial charge in [0.25, 0.3) is 0 Å². The fourth-order valence-electron chi connectivity index (χ4n) is 2.81. The number of nitrogens with one attached hydrogen (secondary N) is 2. The molecule has 4 heteroatoms. The zero-order chi connectivity index (χ0) is 13.0. The molecule has 0 bridgehead atoms. The van der Waals surface area contributed by atoms with E-state index < -0.39 is 0 Å². The number of aromatic amines is 1. The zero-order valence-electron chi connectivity index (χ0n) is 11.9. The van der Waals surface area contributed by atoms with Gasteiger partial charge in [0.2, 0.25) is 0 Å². The number of aryl methyl sites for hydroxylation is 2. The maximum absolute atomic E-state index is 4.25. The van der Waals surface area contributed by atoms with Gasteiger partial charge in [0, 0.05) is 12.6 Å². The molecule has 2 N–H and O–H groups in total. The molecular weight excluding hydrogens is 224 g/mol. The topological polar surface area (TPSA) is 44.0 Å². The summed E-state index contributed by atoms with van der Waals surface area (Å²) in [6.07, 6.45) is 5.07. The number of aromatic nitrogens is 2. The van der Waals surface area contributed by atoms with Gasteiger partial charge >= 0.3 is 0 Å². The van der Waals surface area contributed by atoms with Gasteiger partial charge in [-0.3, -0.25) is 5.10 Å². The Kier molecular flexibility index (Phi) is 4.64. The molecule has 0 aromatic carbocycles. The lowest BCUT2D eigenvalue weighted by Gasteiger charge is -2.20. The third-order valence-corrected chi connectivity index (χ3v) is 3.84. The fraction of sp³-hybridized carbons (Fsp3) is 0.786. The first-order valence-corrected chi connectivity index (χ1v) is 7.21. The lowest BCUT2D eigenvalue weighted by atomic mass is 10.1. The van der Waals surface area contributed by atoms with E-state index in [2.05, 4.69) is 41.2 Å². The van der Waals surface area contributed by atoms with E-state index in [1.807, 2.05) is 0 Å².